The molecule has 0 aromatic heterocycles. The number of hydrogen-bond donors (Lipinski definition) is 1. The first-order chi connectivity index (χ1) is 9.56. The minimum absolute atomic E-state index is 0.0198. The van der Waals surface area contributed by atoms with Crippen LogP contribution >= 0.6 is 0 Å². The van der Waals surface area contributed by atoms with Gasteiger partial charge in [-0.05, 0) is 30.9 Å². The Morgan fingerprint density at radius 1 is 1.40 bits per heavy atom. The van der Waals surface area contributed by atoms with Crippen LogP contribution in [0.25, 0.3) is 0 Å². The van der Waals surface area contributed by atoms with Crippen LogP contribution in [-0.2, 0) is 0 Å². The number of non-ortho nitro benzene ring substituents is 1. The van der Waals surface area contributed by atoms with Gasteiger partial charge in [0.15, 0.2) is 0 Å². The van der Waals surface area contributed by atoms with Crippen molar-refractivity contribution >= 4 is 11.6 Å². The summed E-state index contributed by atoms with van der Waals surface area (Å²) in [5.41, 5.74) is 1.14. The quantitative estimate of drug-likeness (QED) is 0.652. The lowest BCUT2D eigenvalue weighted by Crippen LogP contribution is -2.39. The molecule has 3 rings (SSSR count). The van der Waals surface area contributed by atoms with E-state index in [1.54, 1.807) is 13.0 Å². The van der Waals surface area contributed by atoms with Crippen LogP contribution in [0.15, 0.2) is 18.2 Å². The topological polar surface area (TPSA) is 75.5 Å². The molecule has 0 spiro atoms. The largest absolute Gasteiger partial charge is 0.334 e. The van der Waals surface area contributed by atoms with Gasteiger partial charge in [-0.25, -0.2) is 0 Å². The summed E-state index contributed by atoms with van der Waals surface area (Å²) in [7, 11) is 0. The molecule has 1 aromatic carbocycles. The second-order valence-corrected chi connectivity index (χ2v) is 5.59. The summed E-state index contributed by atoms with van der Waals surface area (Å²) in [6, 6.07) is 4.83. The highest BCUT2D eigenvalue weighted by molar-refractivity contribution is 5.95. The van der Waals surface area contributed by atoms with E-state index in [1.165, 1.54) is 12.1 Å². The first kappa shape index (κ1) is 13.1. The van der Waals surface area contributed by atoms with Crippen molar-refractivity contribution in [1.29, 1.82) is 0 Å². The van der Waals surface area contributed by atoms with Crippen LogP contribution in [0.3, 0.4) is 0 Å². The van der Waals surface area contributed by atoms with Crippen molar-refractivity contribution in [3.63, 3.8) is 0 Å². The van der Waals surface area contributed by atoms with Gasteiger partial charge < -0.3 is 10.2 Å². The molecular weight excluding hydrogens is 258 g/mol. The summed E-state index contributed by atoms with van der Waals surface area (Å²) in [5.74, 6) is 0.437. The highest BCUT2D eigenvalue weighted by Crippen LogP contribution is 2.29. The molecule has 2 atom stereocenters. The van der Waals surface area contributed by atoms with Crippen LogP contribution in [0, 0.1) is 23.0 Å². The second-order valence-electron chi connectivity index (χ2n) is 5.59. The van der Waals surface area contributed by atoms with E-state index in [-0.39, 0.29) is 17.6 Å². The van der Waals surface area contributed by atoms with Crippen molar-refractivity contribution in [2.24, 2.45) is 5.92 Å². The predicted octanol–water partition coefficient (Wildman–Crippen LogP) is 1.34. The third-order valence-electron chi connectivity index (χ3n) is 4.23. The maximum absolute atomic E-state index is 12.6. The molecule has 2 saturated heterocycles. The number of rotatable bonds is 2. The number of carbonyl (C=O) groups is 1. The lowest BCUT2D eigenvalue weighted by Gasteiger charge is -2.23. The Hall–Kier alpha value is -1.95. The number of amides is 1. The smallest absolute Gasteiger partial charge is 0.270 e. The van der Waals surface area contributed by atoms with Gasteiger partial charge >= 0.3 is 0 Å². The van der Waals surface area contributed by atoms with Gasteiger partial charge in [0.25, 0.3) is 11.6 Å². The van der Waals surface area contributed by atoms with E-state index >= 15 is 0 Å². The van der Waals surface area contributed by atoms with Gasteiger partial charge in [0.05, 0.1) is 4.92 Å². The van der Waals surface area contributed by atoms with E-state index in [4.69, 9.17) is 0 Å². The molecular formula is C14H17N3O3. The van der Waals surface area contributed by atoms with E-state index in [2.05, 4.69) is 5.32 Å². The second kappa shape index (κ2) is 4.86. The number of fused-ring (bicyclic) bond motifs is 1. The molecule has 0 aliphatic carbocycles. The van der Waals surface area contributed by atoms with Crippen molar-refractivity contribution in [2.45, 2.75) is 19.4 Å². The molecule has 2 aliphatic rings. The Morgan fingerprint density at radius 3 is 2.95 bits per heavy atom. The van der Waals surface area contributed by atoms with Crippen LogP contribution in [0.5, 0.6) is 0 Å². The molecule has 2 fully saturated rings. The maximum Gasteiger partial charge on any atom is 0.270 e. The summed E-state index contributed by atoms with van der Waals surface area (Å²) >= 11 is 0. The van der Waals surface area contributed by atoms with Gasteiger partial charge in [-0.1, -0.05) is 0 Å². The molecule has 0 radical (unpaired) electrons. The fraction of sp³-hybridized carbons (Fsp3) is 0.500. The lowest BCUT2D eigenvalue weighted by molar-refractivity contribution is -0.384. The zero-order chi connectivity index (χ0) is 14.3. The molecule has 6 nitrogen and oxygen atoms in total. The third-order valence-corrected chi connectivity index (χ3v) is 4.23. The molecule has 20 heavy (non-hydrogen) atoms. The summed E-state index contributed by atoms with van der Waals surface area (Å²) < 4.78 is 0. The molecule has 106 valence electrons. The van der Waals surface area contributed by atoms with Crippen LogP contribution in [0.2, 0.25) is 0 Å². The average molecular weight is 275 g/mol. The van der Waals surface area contributed by atoms with Gasteiger partial charge in [-0.3, -0.25) is 14.9 Å². The molecule has 6 heteroatoms. The maximum atomic E-state index is 12.6. The summed E-state index contributed by atoms with van der Waals surface area (Å²) in [5, 5.41) is 14.2. The zero-order valence-corrected chi connectivity index (χ0v) is 11.3. The van der Waals surface area contributed by atoms with Gasteiger partial charge in [0.2, 0.25) is 0 Å². The average Bonchev–Trinajstić information content (AvgIpc) is 2.99. The van der Waals surface area contributed by atoms with Crippen molar-refractivity contribution in [3.8, 4) is 0 Å². The minimum Gasteiger partial charge on any atom is -0.334 e. The number of nitrogens with one attached hydrogen (secondary N) is 1. The van der Waals surface area contributed by atoms with E-state index in [0.717, 1.165) is 31.6 Å². The number of nitrogens with zero attached hydrogens (tertiary/aromatic N) is 2. The van der Waals surface area contributed by atoms with Gasteiger partial charge in [-0.2, -0.15) is 0 Å². The van der Waals surface area contributed by atoms with Gasteiger partial charge in [0, 0.05) is 43.4 Å². The van der Waals surface area contributed by atoms with Crippen molar-refractivity contribution < 1.29 is 9.72 Å². The third kappa shape index (κ3) is 2.16. The molecule has 1 aromatic rings. The Kier molecular flexibility index (Phi) is 3.17. The number of nitro groups is 1. The number of nitro benzene ring substituents is 1. The number of aryl methyl sites for hydroxylation is 1. The fourth-order valence-corrected chi connectivity index (χ4v) is 3.26. The molecule has 1 amide bonds. The van der Waals surface area contributed by atoms with Crippen molar-refractivity contribution in [2.75, 3.05) is 19.6 Å². The molecule has 1 N–H and O–H groups in total. The first-order valence-electron chi connectivity index (χ1n) is 6.84. The molecule has 0 bridgehead atoms. The first-order valence-corrected chi connectivity index (χ1v) is 6.84. The minimum atomic E-state index is -0.451. The fourth-order valence-electron chi connectivity index (χ4n) is 3.26. The highest BCUT2D eigenvalue weighted by Gasteiger charge is 2.40. The Balaban J connectivity index is 1.89. The van der Waals surface area contributed by atoms with Crippen LogP contribution in [0.4, 0.5) is 5.69 Å². The zero-order valence-electron chi connectivity index (χ0n) is 11.3. The van der Waals surface area contributed by atoms with E-state index in [1.807, 2.05) is 4.90 Å². The van der Waals surface area contributed by atoms with E-state index in [9.17, 15) is 14.9 Å². The van der Waals surface area contributed by atoms with Gasteiger partial charge in [-0.15, -0.1) is 0 Å². The highest BCUT2D eigenvalue weighted by atomic mass is 16.6. The van der Waals surface area contributed by atoms with Crippen LogP contribution in [-0.4, -0.2) is 41.4 Å². The monoisotopic (exact) mass is 275 g/mol. The van der Waals surface area contributed by atoms with E-state index in [0.29, 0.717) is 11.5 Å². The number of benzene rings is 1. The molecule has 2 heterocycles. The summed E-state index contributed by atoms with van der Waals surface area (Å²) in [4.78, 5) is 24.9. The van der Waals surface area contributed by atoms with Crippen LogP contribution < -0.4 is 5.32 Å². The Labute approximate surface area is 116 Å². The molecule has 2 aliphatic heterocycles. The SMILES string of the molecule is Cc1cc(C(=O)N2CC[C@H]3CNC[C@H]32)cc([N+](=O)[O-])c1. The number of carbonyl (C=O) groups excluding carboxylic acids is 1. The normalized spacial score (nSPS) is 24.8. The number of hydrogen-bond acceptors (Lipinski definition) is 4. The van der Waals surface area contributed by atoms with E-state index < -0.39 is 4.92 Å². The Bertz CT molecular complexity index is 573. The van der Waals surface area contributed by atoms with Crippen LogP contribution in [0.1, 0.15) is 22.3 Å². The standard InChI is InChI=1S/C14H17N3O3/c1-9-4-11(6-12(5-9)17(19)20)14(18)16-3-2-10-7-15-8-13(10)16/h4-6,10,13,15H,2-3,7-8H2,1H3/t10-,13+/m0/s1. The Morgan fingerprint density at radius 2 is 2.20 bits per heavy atom. The van der Waals surface area contributed by atoms with Crippen molar-refractivity contribution in [1.82, 2.24) is 10.2 Å². The molecule has 0 unspecified atom stereocenters. The van der Waals surface area contributed by atoms with Crippen molar-refractivity contribution in [3.05, 3.63) is 39.4 Å². The lowest BCUT2D eigenvalue weighted by atomic mass is 10.0. The predicted molar refractivity (Wildman–Crippen MR) is 73.6 cm³/mol. The summed E-state index contributed by atoms with van der Waals surface area (Å²) in [6.07, 6.45) is 1.01. The number of likely N-dealkylation sites (tertiary alicyclic amines) is 1. The summed E-state index contributed by atoms with van der Waals surface area (Å²) in [6.45, 7) is 4.30. The van der Waals surface area contributed by atoms with Gasteiger partial charge in [0.1, 0.15) is 0 Å². The molecule has 0 saturated carbocycles.